The van der Waals surface area contributed by atoms with E-state index < -0.39 is 0 Å². The van der Waals surface area contributed by atoms with Gasteiger partial charge in [0, 0.05) is 23.2 Å². The quantitative estimate of drug-likeness (QED) is 0.899. The summed E-state index contributed by atoms with van der Waals surface area (Å²) in [5.74, 6) is 6.26. The number of nitrogens with zero attached hydrogens (tertiary/aromatic N) is 3. The lowest BCUT2D eigenvalue weighted by Crippen LogP contribution is -2.15. The molecule has 1 aromatic heterocycles. The maximum Gasteiger partial charge on any atom is 0.223 e. The maximum absolute atomic E-state index is 5.86. The largest absolute Gasteiger partial charge is 0.368 e. The van der Waals surface area contributed by atoms with Crippen LogP contribution in [0.25, 0.3) is 0 Å². The van der Waals surface area contributed by atoms with E-state index in [4.69, 9.17) is 10.7 Å². The van der Waals surface area contributed by atoms with Gasteiger partial charge < -0.3 is 5.73 Å². The molecule has 18 heavy (non-hydrogen) atoms. The van der Waals surface area contributed by atoms with E-state index in [0.29, 0.717) is 17.1 Å². The second-order valence-electron chi connectivity index (χ2n) is 4.83. The van der Waals surface area contributed by atoms with Crippen LogP contribution in [-0.2, 0) is 0 Å². The second-order valence-corrected chi connectivity index (χ2v) is 7.29. The second kappa shape index (κ2) is 5.65. The minimum absolute atomic E-state index is 0.397. The first kappa shape index (κ1) is 12.5. The summed E-state index contributed by atoms with van der Waals surface area (Å²) >= 11 is 3.93. The third-order valence-corrected chi connectivity index (χ3v) is 6.26. The monoisotopic (exact) mass is 282 g/mol. The molecule has 2 aliphatic rings. The SMILES string of the molecule is Nc1nc(C2CCCC2)nc(C2CSCCS2)n1. The van der Waals surface area contributed by atoms with Gasteiger partial charge in [0.15, 0.2) is 0 Å². The summed E-state index contributed by atoms with van der Waals surface area (Å²) in [5, 5.41) is 0.397. The lowest BCUT2D eigenvalue weighted by Gasteiger charge is -2.20. The molecule has 1 saturated heterocycles. The molecule has 3 rings (SSSR count). The smallest absolute Gasteiger partial charge is 0.223 e. The van der Waals surface area contributed by atoms with Gasteiger partial charge in [-0.25, -0.2) is 4.98 Å². The number of aromatic nitrogens is 3. The fourth-order valence-corrected chi connectivity index (χ4v) is 5.17. The maximum atomic E-state index is 5.86. The molecule has 0 amide bonds. The van der Waals surface area contributed by atoms with Gasteiger partial charge in [-0.1, -0.05) is 12.8 Å². The van der Waals surface area contributed by atoms with Crippen molar-refractivity contribution in [3.8, 4) is 0 Å². The van der Waals surface area contributed by atoms with E-state index in [2.05, 4.69) is 9.97 Å². The van der Waals surface area contributed by atoms with E-state index in [-0.39, 0.29) is 0 Å². The van der Waals surface area contributed by atoms with Crippen molar-refractivity contribution in [2.45, 2.75) is 36.9 Å². The van der Waals surface area contributed by atoms with Gasteiger partial charge in [0.2, 0.25) is 5.95 Å². The Morgan fingerprint density at radius 2 is 1.78 bits per heavy atom. The van der Waals surface area contributed by atoms with Gasteiger partial charge in [-0.15, -0.1) is 11.8 Å². The number of rotatable bonds is 2. The van der Waals surface area contributed by atoms with Gasteiger partial charge in [-0.05, 0) is 12.8 Å². The molecule has 1 unspecified atom stereocenters. The van der Waals surface area contributed by atoms with E-state index in [0.717, 1.165) is 17.4 Å². The number of hydrogen-bond acceptors (Lipinski definition) is 6. The number of hydrogen-bond donors (Lipinski definition) is 1. The van der Waals surface area contributed by atoms with Crippen LogP contribution in [0.3, 0.4) is 0 Å². The molecule has 4 nitrogen and oxygen atoms in total. The van der Waals surface area contributed by atoms with E-state index in [9.17, 15) is 0 Å². The summed E-state index contributed by atoms with van der Waals surface area (Å²) in [5.41, 5.74) is 5.86. The van der Waals surface area contributed by atoms with Crippen LogP contribution < -0.4 is 5.73 Å². The molecule has 1 aromatic rings. The van der Waals surface area contributed by atoms with Crippen molar-refractivity contribution >= 4 is 29.5 Å². The van der Waals surface area contributed by atoms with Crippen molar-refractivity contribution in [1.29, 1.82) is 0 Å². The van der Waals surface area contributed by atoms with Crippen molar-refractivity contribution in [2.24, 2.45) is 0 Å². The first-order valence-electron chi connectivity index (χ1n) is 6.53. The first-order chi connectivity index (χ1) is 8.83. The number of thioether (sulfide) groups is 2. The van der Waals surface area contributed by atoms with Crippen molar-refractivity contribution in [1.82, 2.24) is 15.0 Å². The van der Waals surface area contributed by atoms with Crippen LogP contribution >= 0.6 is 23.5 Å². The molecule has 2 heterocycles. The van der Waals surface area contributed by atoms with E-state index >= 15 is 0 Å². The molecule has 0 radical (unpaired) electrons. The molecular weight excluding hydrogens is 264 g/mol. The predicted octanol–water partition coefficient (Wildman–Crippen LogP) is 2.63. The average molecular weight is 282 g/mol. The van der Waals surface area contributed by atoms with Crippen molar-refractivity contribution in [3.05, 3.63) is 11.6 Å². The van der Waals surface area contributed by atoms with Crippen molar-refractivity contribution in [2.75, 3.05) is 23.0 Å². The van der Waals surface area contributed by atoms with Gasteiger partial charge in [0.05, 0.1) is 5.25 Å². The molecule has 1 atom stereocenters. The van der Waals surface area contributed by atoms with Crippen LogP contribution in [-0.4, -0.2) is 32.2 Å². The standard InChI is InChI=1S/C12H18N4S2/c13-12-15-10(8-3-1-2-4-8)14-11(16-12)9-7-17-5-6-18-9/h8-9H,1-7H2,(H2,13,14,15,16). The summed E-state index contributed by atoms with van der Waals surface area (Å²) in [4.78, 5) is 13.4. The van der Waals surface area contributed by atoms with Crippen LogP contribution in [0.1, 0.15) is 48.5 Å². The molecule has 2 fully saturated rings. The summed E-state index contributed by atoms with van der Waals surface area (Å²) in [6.45, 7) is 0. The summed E-state index contributed by atoms with van der Waals surface area (Å²) in [6, 6.07) is 0. The van der Waals surface area contributed by atoms with E-state index in [1.54, 1.807) is 0 Å². The highest BCUT2D eigenvalue weighted by Gasteiger charge is 2.24. The van der Waals surface area contributed by atoms with Crippen LogP contribution in [0.15, 0.2) is 0 Å². The molecule has 1 aliphatic heterocycles. The Morgan fingerprint density at radius 1 is 1.00 bits per heavy atom. The minimum atomic E-state index is 0.397. The Labute approximate surface area is 116 Å². The highest BCUT2D eigenvalue weighted by atomic mass is 32.2. The molecule has 0 aromatic carbocycles. The normalized spacial score (nSPS) is 25.4. The third-order valence-electron chi connectivity index (χ3n) is 3.51. The molecule has 0 bridgehead atoms. The van der Waals surface area contributed by atoms with Gasteiger partial charge in [-0.3, -0.25) is 0 Å². The summed E-state index contributed by atoms with van der Waals surface area (Å²) in [7, 11) is 0. The van der Waals surface area contributed by atoms with Gasteiger partial charge in [0.1, 0.15) is 11.6 Å². The molecule has 0 spiro atoms. The molecule has 1 aliphatic carbocycles. The van der Waals surface area contributed by atoms with Crippen LogP contribution in [0, 0.1) is 0 Å². The zero-order valence-electron chi connectivity index (χ0n) is 10.3. The topological polar surface area (TPSA) is 64.7 Å². The van der Waals surface area contributed by atoms with Crippen LogP contribution in [0.2, 0.25) is 0 Å². The van der Waals surface area contributed by atoms with Crippen LogP contribution in [0.4, 0.5) is 5.95 Å². The number of anilines is 1. The molecule has 98 valence electrons. The Balaban J connectivity index is 1.84. The first-order valence-corrected chi connectivity index (χ1v) is 8.74. The molecule has 6 heteroatoms. The lowest BCUT2D eigenvalue weighted by atomic mass is 10.1. The van der Waals surface area contributed by atoms with E-state index in [1.807, 2.05) is 23.5 Å². The predicted molar refractivity (Wildman–Crippen MR) is 78.0 cm³/mol. The average Bonchev–Trinajstić information content (AvgIpc) is 2.93. The highest BCUT2D eigenvalue weighted by molar-refractivity contribution is 8.06. The van der Waals surface area contributed by atoms with Crippen molar-refractivity contribution < 1.29 is 0 Å². The Morgan fingerprint density at radius 3 is 2.50 bits per heavy atom. The van der Waals surface area contributed by atoms with Gasteiger partial charge >= 0.3 is 0 Å². The molecule has 2 N–H and O–H groups in total. The van der Waals surface area contributed by atoms with E-state index in [1.165, 1.54) is 37.2 Å². The highest BCUT2D eigenvalue weighted by Crippen LogP contribution is 2.37. The van der Waals surface area contributed by atoms with Crippen LogP contribution in [0.5, 0.6) is 0 Å². The van der Waals surface area contributed by atoms with Gasteiger partial charge in [0.25, 0.3) is 0 Å². The summed E-state index contributed by atoms with van der Waals surface area (Å²) < 4.78 is 0. The molecule has 1 saturated carbocycles. The number of nitrogens with two attached hydrogens (primary N) is 1. The fourth-order valence-electron chi connectivity index (χ4n) is 2.57. The Kier molecular flexibility index (Phi) is 3.94. The third kappa shape index (κ3) is 2.74. The zero-order valence-corrected chi connectivity index (χ0v) is 12.0. The minimum Gasteiger partial charge on any atom is -0.368 e. The zero-order chi connectivity index (χ0) is 12.4. The Bertz CT molecular complexity index is 415. The van der Waals surface area contributed by atoms with Gasteiger partial charge in [-0.2, -0.15) is 21.7 Å². The summed E-state index contributed by atoms with van der Waals surface area (Å²) in [6.07, 6.45) is 4.99. The Hall–Kier alpha value is -0.490. The fraction of sp³-hybridized carbons (Fsp3) is 0.750. The van der Waals surface area contributed by atoms with Crippen molar-refractivity contribution in [3.63, 3.8) is 0 Å². The molecular formula is C12H18N4S2. The lowest BCUT2D eigenvalue weighted by molar-refractivity contribution is 0.652. The number of nitrogen functional groups attached to an aromatic ring is 1.